The van der Waals surface area contributed by atoms with Crippen LogP contribution < -0.4 is 4.18 Å². The van der Waals surface area contributed by atoms with Crippen LogP contribution in [0.1, 0.15) is 5.56 Å². The maximum absolute atomic E-state index is 12.3. The second-order valence-corrected chi connectivity index (χ2v) is 6.72. The van der Waals surface area contributed by atoms with Gasteiger partial charge in [-0.1, -0.05) is 54.6 Å². The van der Waals surface area contributed by atoms with Gasteiger partial charge in [0.2, 0.25) is 0 Å². The Morgan fingerprint density at radius 1 is 0.917 bits per heavy atom. The Balaban J connectivity index is 1.93. The normalized spacial score (nSPS) is 11.3. The van der Waals surface area contributed by atoms with Gasteiger partial charge in [-0.25, -0.2) is 0 Å². The Bertz CT molecular complexity index is 1010. The van der Waals surface area contributed by atoms with Crippen LogP contribution >= 0.6 is 0 Å². The minimum absolute atomic E-state index is 0.0859. The van der Waals surface area contributed by atoms with Crippen molar-refractivity contribution in [1.82, 2.24) is 0 Å². The Labute approximate surface area is 138 Å². The summed E-state index contributed by atoms with van der Waals surface area (Å²) in [5.41, 5.74) is -0.162. The molecule has 0 aliphatic carbocycles. The zero-order valence-corrected chi connectivity index (χ0v) is 13.3. The highest BCUT2D eigenvalue weighted by atomic mass is 32.2. The standard InChI is InChI=1S/C17H13NO5S/c19-18(20)16-10-4-2-7-14(16)12-24(21,22)23-17-11-5-8-13-6-1-3-9-15(13)17/h1-11H,12H2. The molecule has 0 amide bonds. The quantitative estimate of drug-likeness (QED) is 0.401. The van der Waals surface area contributed by atoms with Gasteiger partial charge in [-0.3, -0.25) is 10.1 Å². The summed E-state index contributed by atoms with van der Waals surface area (Å²) in [7, 11) is -4.04. The van der Waals surface area contributed by atoms with Gasteiger partial charge in [0.1, 0.15) is 11.5 Å². The highest BCUT2D eigenvalue weighted by Crippen LogP contribution is 2.28. The predicted octanol–water partition coefficient (Wildman–Crippen LogP) is 3.66. The van der Waals surface area contributed by atoms with Crippen LogP contribution in [0.2, 0.25) is 0 Å². The molecule has 0 N–H and O–H groups in total. The van der Waals surface area contributed by atoms with Crippen LogP contribution in [-0.2, 0) is 15.9 Å². The van der Waals surface area contributed by atoms with Crippen LogP contribution in [0.4, 0.5) is 5.69 Å². The third-order valence-corrected chi connectivity index (χ3v) is 4.59. The molecule has 0 heterocycles. The minimum Gasteiger partial charge on any atom is -0.382 e. The molecule has 0 unspecified atom stereocenters. The van der Waals surface area contributed by atoms with Crippen molar-refractivity contribution < 1.29 is 17.5 Å². The van der Waals surface area contributed by atoms with Gasteiger partial charge in [0.05, 0.1) is 4.92 Å². The fraction of sp³-hybridized carbons (Fsp3) is 0.0588. The maximum Gasteiger partial charge on any atom is 0.313 e. The molecule has 122 valence electrons. The number of nitrogens with zero attached hydrogens (tertiary/aromatic N) is 1. The number of nitro benzene ring substituents is 1. The van der Waals surface area contributed by atoms with E-state index in [9.17, 15) is 18.5 Å². The molecule has 3 aromatic carbocycles. The van der Waals surface area contributed by atoms with E-state index in [0.29, 0.717) is 5.39 Å². The van der Waals surface area contributed by atoms with E-state index in [4.69, 9.17) is 4.18 Å². The van der Waals surface area contributed by atoms with E-state index in [1.54, 1.807) is 30.3 Å². The van der Waals surface area contributed by atoms with E-state index in [1.165, 1.54) is 18.2 Å². The van der Waals surface area contributed by atoms with Gasteiger partial charge in [-0.05, 0) is 11.5 Å². The molecule has 7 heteroatoms. The van der Waals surface area contributed by atoms with Gasteiger partial charge in [-0.15, -0.1) is 0 Å². The molecule has 3 rings (SSSR count). The zero-order valence-electron chi connectivity index (χ0n) is 12.5. The van der Waals surface area contributed by atoms with Crippen molar-refractivity contribution in [3.63, 3.8) is 0 Å². The second-order valence-electron chi connectivity index (χ2n) is 5.15. The predicted molar refractivity (Wildman–Crippen MR) is 90.3 cm³/mol. The van der Waals surface area contributed by atoms with Crippen molar-refractivity contribution in [2.24, 2.45) is 0 Å². The van der Waals surface area contributed by atoms with E-state index >= 15 is 0 Å². The topological polar surface area (TPSA) is 86.5 Å². The molecule has 0 saturated heterocycles. The highest BCUT2D eigenvalue weighted by molar-refractivity contribution is 7.86. The minimum atomic E-state index is -4.04. The van der Waals surface area contributed by atoms with Crippen molar-refractivity contribution in [2.45, 2.75) is 5.75 Å². The van der Waals surface area contributed by atoms with Crippen LogP contribution in [-0.4, -0.2) is 13.3 Å². The summed E-state index contributed by atoms with van der Waals surface area (Å²) in [5.74, 6) is -0.375. The Kier molecular flexibility index (Phi) is 4.18. The number of nitro groups is 1. The van der Waals surface area contributed by atoms with Crippen molar-refractivity contribution in [3.8, 4) is 5.75 Å². The number of rotatable bonds is 5. The summed E-state index contributed by atoms with van der Waals surface area (Å²) in [4.78, 5) is 10.4. The largest absolute Gasteiger partial charge is 0.382 e. The summed E-state index contributed by atoms with van der Waals surface area (Å²) < 4.78 is 29.9. The van der Waals surface area contributed by atoms with E-state index in [-0.39, 0.29) is 17.0 Å². The lowest BCUT2D eigenvalue weighted by molar-refractivity contribution is -0.385. The first-order valence-electron chi connectivity index (χ1n) is 7.08. The van der Waals surface area contributed by atoms with E-state index < -0.39 is 20.8 Å². The summed E-state index contributed by atoms with van der Waals surface area (Å²) in [5, 5.41) is 12.5. The second kappa shape index (κ2) is 6.29. The van der Waals surface area contributed by atoms with Gasteiger partial charge >= 0.3 is 10.1 Å². The molecular formula is C17H13NO5S. The van der Waals surface area contributed by atoms with Gasteiger partial charge in [0.25, 0.3) is 5.69 Å². The molecule has 0 spiro atoms. The molecule has 0 bridgehead atoms. The molecule has 6 nitrogen and oxygen atoms in total. The molecule has 0 aromatic heterocycles. The summed E-state index contributed by atoms with van der Waals surface area (Å²) in [6.45, 7) is 0. The SMILES string of the molecule is O=[N+]([O-])c1ccccc1CS(=O)(=O)Oc1cccc2ccccc12. The van der Waals surface area contributed by atoms with E-state index in [0.717, 1.165) is 5.39 Å². The number of hydrogen-bond acceptors (Lipinski definition) is 5. The number of hydrogen-bond donors (Lipinski definition) is 0. The fourth-order valence-corrected chi connectivity index (χ4v) is 3.54. The molecule has 0 aliphatic rings. The van der Waals surface area contributed by atoms with Crippen molar-refractivity contribution in [2.75, 3.05) is 0 Å². The smallest absolute Gasteiger partial charge is 0.313 e. The van der Waals surface area contributed by atoms with Crippen molar-refractivity contribution in [1.29, 1.82) is 0 Å². The molecule has 0 saturated carbocycles. The van der Waals surface area contributed by atoms with Gasteiger partial charge < -0.3 is 4.18 Å². The summed E-state index contributed by atoms with van der Waals surface area (Å²) in [6.07, 6.45) is 0. The maximum atomic E-state index is 12.3. The first kappa shape index (κ1) is 15.9. The van der Waals surface area contributed by atoms with Crippen molar-refractivity contribution >= 4 is 26.6 Å². The molecule has 0 aliphatic heterocycles. The Morgan fingerprint density at radius 2 is 1.58 bits per heavy atom. The van der Waals surface area contributed by atoms with Crippen LogP contribution in [0.5, 0.6) is 5.75 Å². The monoisotopic (exact) mass is 343 g/mol. The Morgan fingerprint density at radius 3 is 2.38 bits per heavy atom. The lowest BCUT2D eigenvalue weighted by atomic mass is 10.1. The van der Waals surface area contributed by atoms with Gasteiger partial charge in [0.15, 0.2) is 0 Å². The lowest BCUT2D eigenvalue weighted by Crippen LogP contribution is -2.13. The zero-order chi connectivity index (χ0) is 17.2. The summed E-state index contributed by atoms with van der Waals surface area (Å²) in [6, 6.07) is 18.0. The molecule has 24 heavy (non-hydrogen) atoms. The van der Waals surface area contributed by atoms with Crippen molar-refractivity contribution in [3.05, 3.63) is 82.4 Å². The number of para-hydroxylation sites is 1. The van der Waals surface area contributed by atoms with Crippen LogP contribution in [0.25, 0.3) is 10.8 Å². The molecule has 0 atom stereocenters. The van der Waals surface area contributed by atoms with Crippen LogP contribution in [0.3, 0.4) is 0 Å². The average Bonchev–Trinajstić information content (AvgIpc) is 2.55. The molecule has 3 aromatic rings. The van der Waals surface area contributed by atoms with Crippen LogP contribution in [0.15, 0.2) is 66.7 Å². The summed E-state index contributed by atoms with van der Waals surface area (Å²) >= 11 is 0. The third kappa shape index (κ3) is 3.36. The number of fused-ring (bicyclic) bond motifs is 1. The van der Waals surface area contributed by atoms with E-state index in [1.807, 2.05) is 18.2 Å². The third-order valence-electron chi connectivity index (χ3n) is 3.49. The first-order valence-corrected chi connectivity index (χ1v) is 8.66. The average molecular weight is 343 g/mol. The highest BCUT2D eigenvalue weighted by Gasteiger charge is 2.22. The van der Waals surface area contributed by atoms with Gasteiger partial charge in [0, 0.05) is 17.0 Å². The lowest BCUT2D eigenvalue weighted by Gasteiger charge is -2.10. The van der Waals surface area contributed by atoms with E-state index in [2.05, 4.69) is 0 Å². The fourth-order valence-electron chi connectivity index (χ4n) is 2.44. The number of benzene rings is 3. The first-order chi connectivity index (χ1) is 11.5. The molecular weight excluding hydrogens is 330 g/mol. The van der Waals surface area contributed by atoms with Crippen LogP contribution in [0, 0.1) is 10.1 Å². The Hall–Kier alpha value is -2.93. The molecule has 0 radical (unpaired) electrons. The molecule has 0 fully saturated rings. The van der Waals surface area contributed by atoms with Gasteiger partial charge in [-0.2, -0.15) is 8.42 Å².